The molecule has 0 aliphatic heterocycles. The predicted molar refractivity (Wildman–Crippen MR) is 86.6 cm³/mol. The van der Waals surface area contributed by atoms with Gasteiger partial charge in [0.1, 0.15) is 5.75 Å². The van der Waals surface area contributed by atoms with Crippen LogP contribution < -0.4 is 10.5 Å². The molecule has 20 heavy (non-hydrogen) atoms. The molecule has 0 bridgehead atoms. The van der Waals surface area contributed by atoms with E-state index in [-0.39, 0.29) is 5.25 Å². The minimum Gasteiger partial charge on any atom is -0.497 e. The third-order valence-electron chi connectivity index (χ3n) is 3.31. The van der Waals surface area contributed by atoms with Gasteiger partial charge in [0.05, 0.1) is 7.11 Å². The number of nitrogens with two attached hydrogens (primary N) is 1. The fourth-order valence-corrected chi connectivity index (χ4v) is 3.26. The van der Waals surface area contributed by atoms with Crippen molar-refractivity contribution in [2.45, 2.75) is 24.0 Å². The SMILES string of the molecule is COc1ccc(C(CN)Sc2cc(C)ccc2C)cc1. The van der Waals surface area contributed by atoms with E-state index in [0.717, 1.165) is 5.75 Å². The molecule has 0 aliphatic rings. The maximum absolute atomic E-state index is 5.96. The Bertz CT molecular complexity index is 566. The van der Waals surface area contributed by atoms with Crippen molar-refractivity contribution in [3.05, 3.63) is 59.2 Å². The number of benzene rings is 2. The summed E-state index contributed by atoms with van der Waals surface area (Å²) in [7, 11) is 1.68. The lowest BCUT2D eigenvalue weighted by molar-refractivity contribution is 0.414. The monoisotopic (exact) mass is 287 g/mol. The highest BCUT2D eigenvalue weighted by atomic mass is 32.2. The molecule has 2 aromatic carbocycles. The first-order chi connectivity index (χ1) is 9.63. The first kappa shape index (κ1) is 14.9. The zero-order chi connectivity index (χ0) is 14.5. The number of thioether (sulfide) groups is 1. The van der Waals surface area contributed by atoms with Gasteiger partial charge in [-0.05, 0) is 43.2 Å². The molecule has 0 aliphatic carbocycles. The topological polar surface area (TPSA) is 35.2 Å². The molecule has 0 saturated heterocycles. The van der Waals surface area contributed by atoms with Crippen molar-refractivity contribution in [2.75, 3.05) is 13.7 Å². The van der Waals surface area contributed by atoms with E-state index in [9.17, 15) is 0 Å². The summed E-state index contributed by atoms with van der Waals surface area (Å²) in [6, 6.07) is 14.7. The number of rotatable bonds is 5. The molecule has 1 unspecified atom stereocenters. The highest BCUT2D eigenvalue weighted by Crippen LogP contribution is 2.37. The lowest BCUT2D eigenvalue weighted by Gasteiger charge is -2.17. The molecule has 0 fully saturated rings. The van der Waals surface area contributed by atoms with Crippen LogP contribution in [0.25, 0.3) is 0 Å². The first-order valence-corrected chi connectivity index (χ1v) is 7.60. The molecule has 1 atom stereocenters. The Balaban J connectivity index is 2.21. The van der Waals surface area contributed by atoms with E-state index in [0.29, 0.717) is 6.54 Å². The standard InChI is InChI=1S/C17H21NOS/c1-12-4-5-13(2)16(10-12)20-17(11-18)14-6-8-15(19-3)9-7-14/h4-10,17H,11,18H2,1-3H3. The summed E-state index contributed by atoms with van der Waals surface area (Å²) < 4.78 is 5.20. The predicted octanol–water partition coefficient (Wildman–Crippen LogP) is 4.10. The van der Waals surface area contributed by atoms with Gasteiger partial charge in [0, 0.05) is 16.7 Å². The van der Waals surface area contributed by atoms with Gasteiger partial charge in [-0.1, -0.05) is 29.8 Å². The molecule has 2 nitrogen and oxygen atoms in total. The summed E-state index contributed by atoms with van der Waals surface area (Å²) in [6.45, 7) is 4.88. The Morgan fingerprint density at radius 2 is 1.80 bits per heavy atom. The quantitative estimate of drug-likeness (QED) is 0.841. The highest BCUT2D eigenvalue weighted by molar-refractivity contribution is 7.99. The largest absolute Gasteiger partial charge is 0.497 e. The van der Waals surface area contributed by atoms with E-state index in [4.69, 9.17) is 10.5 Å². The molecule has 0 heterocycles. The fourth-order valence-electron chi connectivity index (χ4n) is 2.06. The molecule has 0 aromatic heterocycles. The van der Waals surface area contributed by atoms with Crippen molar-refractivity contribution in [3.8, 4) is 5.75 Å². The lowest BCUT2D eigenvalue weighted by atomic mass is 10.1. The second-order valence-electron chi connectivity index (χ2n) is 4.88. The zero-order valence-electron chi connectivity index (χ0n) is 12.2. The number of methoxy groups -OCH3 is 1. The first-order valence-electron chi connectivity index (χ1n) is 6.72. The Kier molecular flexibility index (Phi) is 5.10. The summed E-state index contributed by atoms with van der Waals surface area (Å²) in [6.07, 6.45) is 0. The maximum Gasteiger partial charge on any atom is 0.118 e. The Hall–Kier alpha value is -1.45. The molecule has 0 amide bonds. The smallest absolute Gasteiger partial charge is 0.118 e. The van der Waals surface area contributed by atoms with Gasteiger partial charge < -0.3 is 10.5 Å². The minimum atomic E-state index is 0.265. The van der Waals surface area contributed by atoms with Crippen LogP contribution in [-0.2, 0) is 0 Å². The summed E-state index contributed by atoms with van der Waals surface area (Å²) >= 11 is 1.83. The van der Waals surface area contributed by atoms with E-state index in [1.807, 2.05) is 23.9 Å². The number of ether oxygens (including phenoxy) is 1. The van der Waals surface area contributed by atoms with Gasteiger partial charge in [0.2, 0.25) is 0 Å². The molecule has 2 N–H and O–H groups in total. The molecular weight excluding hydrogens is 266 g/mol. The molecular formula is C17H21NOS. The number of hydrogen-bond acceptors (Lipinski definition) is 3. The van der Waals surface area contributed by atoms with E-state index in [2.05, 4.69) is 44.2 Å². The van der Waals surface area contributed by atoms with E-state index >= 15 is 0 Å². The van der Waals surface area contributed by atoms with Gasteiger partial charge in [-0.2, -0.15) is 0 Å². The van der Waals surface area contributed by atoms with Crippen molar-refractivity contribution in [2.24, 2.45) is 5.73 Å². The van der Waals surface area contributed by atoms with Crippen LogP contribution in [0.4, 0.5) is 0 Å². The maximum atomic E-state index is 5.96. The van der Waals surface area contributed by atoms with Gasteiger partial charge in [-0.15, -0.1) is 11.8 Å². The third-order valence-corrected chi connectivity index (χ3v) is 4.76. The van der Waals surface area contributed by atoms with Crippen LogP contribution in [0.3, 0.4) is 0 Å². The number of aryl methyl sites for hydroxylation is 2. The molecule has 0 spiro atoms. The fraction of sp³-hybridized carbons (Fsp3) is 0.294. The highest BCUT2D eigenvalue weighted by Gasteiger charge is 2.13. The summed E-state index contributed by atoms with van der Waals surface area (Å²) in [4.78, 5) is 1.30. The third kappa shape index (κ3) is 3.56. The average molecular weight is 287 g/mol. The van der Waals surface area contributed by atoms with Gasteiger partial charge in [0.15, 0.2) is 0 Å². The second-order valence-corrected chi connectivity index (χ2v) is 6.13. The lowest BCUT2D eigenvalue weighted by Crippen LogP contribution is -2.09. The van der Waals surface area contributed by atoms with Crippen LogP contribution in [0.1, 0.15) is 21.9 Å². The van der Waals surface area contributed by atoms with Crippen molar-refractivity contribution >= 4 is 11.8 Å². The van der Waals surface area contributed by atoms with Crippen molar-refractivity contribution in [1.82, 2.24) is 0 Å². The van der Waals surface area contributed by atoms with E-state index in [1.165, 1.54) is 21.6 Å². The second kappa shape index (κ2) is 6.82. The Morgan fingerprint density at radius 1 is 1.10 bits per heavy atom. The average Bonchev–Trinajstić information content (AvgIpc) is 2.48. The summed E-state index contributed by atoms with van der Waals surface area (Å²) in [5.74, 6) is 0.876. The van der Waals surface area contributed by atoms with Crippen LogP contribution in [0.5, 0.6) is 5.75 Å². The van der Waals surface area contributed by atoms with Crippen LogP contribution in [0, 0.1) is 13.8 Å². The van der Waals surface area contributed by atoms with Crippen LogP contribution in [0.15, 0.2) is 47.4 Å². The van der Waals surface area contributed by atoms with Gasteiger partial charge in [-0.3, -0.25) is 0 Å². The molecule has 2 aromatic rings. The summed E-state index contributed by atoms with van der Waals surface area (Å²) in [5.41, 5.74) is 9.77. The summed E-state index contributed by atoms with van der Waals surface area (Å²) in [5, 5.41) is 0.265. The zero-order valence-corrected chi connectivity index (χ0v) is 13.0. The molecule has 3 heteroatoms. The molecule has 0 radical (unpaired) electrons. The van der Waals surface area contributed by atoms with Crippen LogP contribution in [-0.4, -0.2) is 13.7 Å². The van der Waals surface area contributed by atoms with Crippen molar-refractivity contribution in [1.29, 1.82) is 0 Å². The van der Waals surface area contributed by atoms with Crippen LogP contribution in [0.2, 0.25) is 0 Å². The molecule has 0 saturated carbocycles. The minimum absolute atomic E-state index is 0.265. The van der Waals surface area contributed by atoms with E-state index < -0.39 is 0 Å². The molecule has 106 valence electrons. The van der Waals surface area contributed by atoms with Crippen molar-refractivity contribution in [3.63, 3.8) is 0 Å². The van der Waals surface area contributed by atoms with E-state index in [1.54, 1.807) is 7.11 Å². The van der Waals surface area contributed by atoms with Gasteiger partial charge >= 0.3 is 0 Å². The van der Waals surface area contributed by atoms with Crippen LogP contribution >= 0.6 is 11.8 Å². The van der Waals surface area contributed by atoms with Gasteiger partial charge in [-0.25, -0.2) is 0 Å². The van der Waals surface area contributed by atoms with Gasteiger partial charge in [0.25, 0.3) is 0 Å². The normalized spacial score (nSPS) is 12.2. The Morgan fingerprint density at radius 3 is 2.40 bits per heavy atom. The molecule has 2 rings (SSSR count). The number of hydrogen-bond donors (Lipinski definition) is 1. The van der Waals surface area contributed by atoms with Crippen molar-refractivity contribution < 1.29 is 4.74 Å². The Labute approximate surface area is 125 Å².